The molecule has 1 aromatic carbocycles. The van der Waals surface area contributed by atoms with Crippen molar-refractivity contribution in [2.75, 3.05) is 13.6 Å². The Balaban J connectivity index is 2.91. The molecule has 0 fully saturated rings. The zero-order chi connectivity index (χ0) is 15.5. The van der Waals surface area contributed by atoms with Crippen LogP contribution < -0.4 is 5.73 Å². The molecule has 20 heavy (non-hydrogen) atoms. The summed E-state index contributed by atoms with van der Waals surface area (Å²) in [4.78, 5) is 0.0206. The Hall–Kier alpha value is -0.330. The van der Waals surface area contributed by atoms with Crippen LogP contribution in [0.1, 0.15) is 20.3 Å². The lowest BCUT2D eigenvalue weighted by atomic mass is 10.0. The number of sulfonamides is 1. The van der Waals surface area contributed by atoms with Gasteiger partial charge in [-0.15, -0.1) is 0 Å². The van der Waals surface area contributed by atoms with E-state index in [0.717, 1.165) is 0 Å². The molecule has 7 heteroatoms. The zero-order valence-electron chi connectivity index (χ0n) is 11.8. The monoisotopic (exact) mass is 338 g/mol. The molecule has 0 saturated carbocycles. The molecule has 0 bridgehead atoms. The molecule has 0 radical (unpaired) electrons. The lowest BCUT2D eigenvalue weighted by Crippen LogP contribution is -2.34. The molecule has 114 valence electrons. The third kappa shape index (κ3) is 4.09. The summed E-state index contributed by atoms with van der Waals surface area (Å²) < 4.78 is 26.1. The third-order valence-corrected chi connectivity index (χ3v) is 6.07. The molecule has 4 nitrogen and oxygen atoms in total. The Labute approximate surface area is 130 Å². The highest BCUT2D eigenvalue weighted by Crippen LogP contribution is 2.30. The van der Waals surface area contributed by atoms with Gasteiger partial charge in [0.15, 0.2) is 0 Å². The average Bonchev–Trinajstić information content (AvgIpc) is 2.38. The number of nitrogens with two attached hydrogens (primary N) is 1. The van der Waals surface area contributed by atoms with Crippen molar-refractivity contribution in [1.82, 2.24) is 4.31 Å². The fourth-order valence-electron chi connectivity index (χ4n) is 1.64. The van der Waals surface area contributed by atoms with Gasteiger partial charge in [0, 0.05) is 19.6 Å². The Morgan fingerprint density at radius 1 is 1.30 bits per heavy atom. The molecule has 0 heterocycles. The van der Waals surface area contributed by atoms with Crippen LogP contribution in [0, 0.1) is 5.92 Å². The molecule has 2 N–H and O–H groups in total. The van der Waals surface area contributed by atoms with Gasteiger partial charge in [-0.05, 0) is 24.5 Å². The van der Waals surface area contributed by atoms with Crippen LogP contribution in [-0.4, -0.2) is 32.4 Å². The lowest BCUT2D eigenvalue weighted by molar-refractivity contribution is 0.397. The summed E-state index contributed by atoms with van der Waals surface area (Å²) in [5, 5.41) is 0.272. The zero-order valence-corrected chi connectivity index (χ0v) is 14.1. The number of rotatable bonds is 6. The van der Waals surface area contributed by atoms with Crippen molar-refractivity contribution in [1.29, 1.82) is 0 Å². The van der Waals surface area contributed by atoms with Crippen LogP contribution in [-0.2, 0) is 10.0 Å². The molecule has 1 atom stereocenters. The number of halogens is 2. The number of hydrogen-bond donors (Lipinski definition) is 1. The van der Waals surface area contributed by atoms with E-state index in [1.165, 1.54) is 17.4 Å². The predicted octanol–water partition coefficient (Wildman–Crippen LogP) is 2.99. The maximum atomic E-state index is 12.4. The highest BCUT2D eigenvalue weighted by molar-refractivity contribution is 7.89. The molecule has 0 aliphatic carbocycles. The second-order valence-electron chi connectivity index (χ2n) is 5.08. The van der Waals surface area contributed by atoms with Gasteiger partial charge in [-0.25, -0.2) is 12.7 Å². The Kier molecular flexibility index (Phi) is 6.28. The number of benzene rings is 1. The van der Waals surface area contributed by atoms with Gasteiger partial charge in [0.2, 0.25) is 10.0 Å². The van der Waals surface area contributed by atoms with Gasteiger partial charge in [-0.3, -0.25) is 0 Å². The van der Waals surface area contributed by atoms with Crippen LogP contribution >= 0.6 is 23.2 Å². The first kappa shape index (κ1) is 17.7. The minimum absolute atomic E-state index is 0.0206. The largest absolute Gasteiger partial charge is 0.327 e. The maximum Gasteiger partial charge on any atom is 0.244 e. The van der Waals surface area contributed by atoms with E-state index in [1.54, 1.807) is 12.1 Å². The summed E-state index contributed by atoms with van der Waals surface area (Å²) >= 11 is 11.8. The Morgan fingerprint density at radius 3 is 2.45 bits per heavy atom. The second-order valence-corrected chi connectivity index (χ2v) is 7.87. The summed E-state index contributed by atoms with van der Waals surface area (Å²) in [5.41, 5.74) is 5.93. The van der Waals surface area contributed by atoms with E-state index in [1.807, 2.05) is 13.8 Å². The maximum absolute atomic E-state index is 12.4. The molecule has 0 aromatic heterocycles. The van der Waals surface area contributed by atoms with Gasteiger partial charge < -0.3 is 5.73 Å². The van der Waals surface area contributed by atoms with Crippen molar-refractivity contribution in [2.45, 2.75) is 31.2 Å². The molecule has 1 unspecified atom stereocenters. The smallest absolute Gasteiger partial charge is 0.244 e. The summed E-state index contributed by atoms with van der Waals surface area (Å²) in [6.07, 6.45) is 0.589. The first-order chi connectivity index (χ1) is 9.17. The number of nitrogens with zero attached hydrogens (tertiary/aromatic N) is 1. The van der Waals surface area contributed by atoms with Crippen molar-refractivity contribution in [3.05, 3.63) is 28.2 Å². The van der Waals surface area contributed by atoms with Crippen LogP contribution in [0.3, 0.4) is 0 Å². The van der Waals surface area contributed by atoms with Gasteiger partial charge >= 0.3 is 0 Å². The fourth-order valence-corrected chi connectivity index (χ4v) is 3.55. The first-order valence-electron chi connectivity index (χ1n) is 6.34. The highest BCUT2D eigenvalue weighted by Gasteiger charge is 2.25. The van der Waals surface area contributed by atoms with Crippen LogP contribution in [0.2, 0.25) is 10.0 Å². The SMILES string of the molecule is CC(C)C(N)CCN(C)S(=O)(=O)c1cccc(Cl)c1Cl. The summed E-state index contributed by atoms with van der Waals surface area (Å²) in [7, 11) is -2.14. The van der Waals surface area contributed by atoms with E-state index in [4.69, 9.17) is 28.9 Å². The second kappa shape index (κ2) is 7.09. The fraction of sp³-hybridized carbons (Fsp3) is 0.538. The van der Waals surface area contributed by atoms with Crippen LogP contribution in [0.25, 0.3) is 0 Å². The van der Waals surface area contributed by atoms with Crippen molar-refractivity contribution >= 4 is 33.2 Å². The van der Waals surface area contributed by atoms with Crippen LogP contribution in [0.5, 0.6) is 0 Å². The van der Waals surface area contributed by atoms with E-state index < -0.39 is 10.0 Å². The van der Waals surface area contributed by atoms with Crippen molar-refractivity contribution in [2.24, 2.45) is 11.7 Å². The minimum Gasteiger partial charge on any atom is -0.327 e. The van der Waals surface area contributed by atoms with E-state index in [-0.39, 0.29) is 21.0 Å². The van der Waals surface area contributed by atoms with E-state index in [2.05, 4.69) is 0 Å². The molecule has 1 aromatic rings. The molecule has 0 amide bonds. The van der Waals surface area contributed by atoms with Gasteiger partial charge in [0.1, 0.15) is 4.90 Å². The molecule has 0 saturated heterocycles. The van der Waals surface area contributed by atoms with Gasteiger partial charge in [-0.1, -0.05) is 43.1 Å². The molecule has 0 spiro atoms. The van der Waals surface area contributed by atoms with E-state index >= 15 is 0 Å². The number of hydrogen-bond acceptors (Lipinski definition) is 3. The molecule has 0 aliphatic heterocycles. The van der Waals surface area contributed by atoms with E-state index in [9.17, 15) is 8.42 Å². The van der Waals surface area contributed by atoms with E-state index in [0.29, 0.717) is 18.9 Å². The van der Waals surface area contributed by atoms with Gasteiger partial charge in [0.05, 0.1) is 10.0 Å². The lowest BCUT2D eigenvalue weighted by Gasteiger charge is -2.21. The standard InChI is InChI=1S/C13H20Cl2N2O2S/c1-9(2)11(16)7-8-17(3)20(18,19)12-6-4-5-10(14)13(12)15/h4-6,9,11H,7-8,16H2,1-3H3. The summed E-state index contributed by atoms with van der Waals surface area (Å²) in [5.74, 6) is 0.306. The van der Waals surface area contributed by atoms with Gasteiger partial charge in [0.25, 0.3) is 0 Å². The normalized spacial score (nSPS) is 14.0. The summed E-state index contributed by atoms with van der Waals surface area (Å²) in [6, 6.07) is 4.52. The van der Waals surface area contributed by atoms with Crippen LogP contribution in [0.15, 0.2) is 23.1 Å². The van der Waals surface area contributed by atoms with Gasteiger partial charge in [-0.2, -0.15) is 0 Å². The topological polar surface area (TPSA) is 63.4 Å². The Morgan fingerprint density at radius 2 is 1.90 bits per heavy atom. The molecular weight excluding hydrogens is 319 g/mol. The van der Waals surface area contributed by atoms with Crippen LogP contribution in [0.4, 0.5) is 0 Å². The van der Waals surface area contributed by atoms with Crippen molar-refractivity contribution in [3.63, 3.8) is 0 Å². The molecule has 0 aliphatic rings. The molecular formula is C13H20Cl2N2O2S. The highest BCUT2D eigenvalue weighted by atomic mass is 35.5. The third-order valence-electron chi connectivity index (χ3n) is 3.24. The van der Waals surface area contributed by atoms with Crippen molar-refractivity contribution < 1.29 is 8.42 Å². The summed E-state index contributed by atoms with van der Waals surface area (Å²) in [6.45, 7) is 4.35. The quantitative estimate of drug-likeness (QED) is 0.867. The predicted molar refractivity (Wildman–Crippen MR) is 83.7 cm³/mol. The van der Waals surface area contributed by atoms with Crippen molar-refractivity contribution in [3.8, 4) is 0 Å². The minimum atomic E-state index is -3.65. The first-order valence-corrected chi connectivity index (χ1v) is 8.53. The Bertz CT molecular complexity index is 561. The average molecular weight is 339 g/mol. The molecule has 1 rings (SSSR count).